The highest BCUT2D eigenvalue weighted by Gasteiger charge is 2.24. The minimum atomic E-state index is -2.75. The van der Waals surface area contributed by atoms with Gasteiger partial charge >= 0.3 is 0 Å². The molecule has 1 saturated carbocycles. The molecule has 1 aliphatic carbocycles. The van der Waals surface area contributed by atoms with Crippen LogP contribution in [-0.4, -0.2) is 71.6 Å². The average Bonchev–Trinajstić information content (AvgIpc) is 3.32. The number of morpholine rings is 1. The maximum atomic E-state index is 14.0. The molecule has 1 aliphatic heterocycles. The van der Waals surface area contributed by atoms with Crippen molar-refractivity contribution in [1.29, 1.82) is 0 Å². The van der Waals surface area contributed by atoms with Gasteiger partial charge < -0.3 is 20.3 Å². The average molecular weight is 504 g/mol. The van der Waals surface area contributed by atoms with Crippen molar-refractivity contribution in [2.75, 3.05) is 56.3 Å². The van der Waals surface area contributed by atoms with Gasteiger partial charge in [0.1, 0.15) is 18.3 Å². The SMILES string of the molecule is FCCN[C@H]1CC[C@H](CNc2nc(N3CCOCC3)cc(-n3c(C(F)F)nc4ccccc43)n2)CC1. The summed E-state index contributed by atoms with van der Waals surface area (Å²) in [4.78, 5) is 15.7. The zero-order valence-corrected chi connectivity index (χ0v) is 20.2. The monoisotopic (exact) mass is 503 g/mol. The Bertz CT molecular complexity index is 1140. The Labute approximate surface area is 208 Å². The van der Waals surface area contributed by atoms with Crippen molar-refractivity contribution < 1.29 is 17.9 Å². The van der Waals surface area contributed by atoms with Gasteiger partial charge in [-0.15, -0.1) is 0 Å². The summed E-state index contributed by atoms with van der Waals surface area (Å²) >= 11 is 0. The van der Waals surface area contributed by atoms with Gasteiger partial charge in [0, 0.05) is 38.3 Å². The van der Waals surface area contributed by atoms with Gasteiger partial charge in [-0.1, -0.05) is 12.1 Å². The fourth-order valence-electron chi connectivity index (χ4n) is 5.07. The Morgan fingerprint density at radius 3 is 2.50 bits per heavy atom. The maximum absolute atomic E-state index is 14.0. The summed E-state index contributed by atoms with van der Waals surface area (Å²) in [7, 11) is 0. The van der Waals surface area contributed by atoms with E-state index in [0.29, 0.717) is 80.0 Å². The van der Waals surface area contributed by atoms with Crippen LogP contribution in [0.5, 0.6) is 0 Å². The van der Waals surface area contributed by atoms with E-state index < -0.39 is 6.43 Å². The van der Waals surface area contributed by atoms with Crippen molar-refractivity contribution in [3.63, 3.8) is 0 Å². The first-order valence-corrected chi connectivity index (χ1v) is 12.6. The van der Waals surface area contributed by atoms with E-state index in [9.17, 15) is 13.2 Å². The van der Waals surface area contributed by atoms with Gasteiger partial charge in [0.15, 0.2) is 5.82 Å². The number of alkyl halides is 3. The van der Waals surface area contributed by atoms with Crippen LogP contribution in [0.4, 0.5) is 24.9 Å². The summed E-state index contributed by atoms with van der Waals surface area (Å²) in [5.41, 5.74) is 1.07. The number of nitrogens with one attached hydrogen (secondary N) is 2. The lowest BCUT2D eigenvalue weighted by atomic mass is 9.86. The van der Waals surface area contributed by atoms with Crippen LogP contribution in [0.25, 0.3) is 16.9 Å². The number of imidazole rings is 1. The zero-order chi connectivity index (χ0) is 24.9. The first kappa shape index (κ1) is 24.8. The van der Waals surface area contributed by atoms with Crippen LogP contribution in [0.3, 0.4) is 0 Å². The van der Waals surface area contributed by atoms with Crippen molar-refractivity contribution in [3.05, 3.63) is 36.2 Å². The quantitative estimate of drug-likeness (QED) is 0.455. The normalized spacial score (nSPS) is 20.8. The fraction of sp³-hybridized carbons (Fsp3) is 0.560. The minimum absolute atomic E-state index is 0.340. The van der Waals surface area contributed by atoms with Gasteiger partial charge in [0.25, 0.3) is 6.43 Å². The molecule has 2 N–H and O–H groups in total. The first-order chi connectivity index (χ1) is 17.6. The number of ether oxygens (including phenoxy) is 1. The van der Waals surface area contributed by atoms with E-state index in [1.807, 2.05) is 0 Å². The number of benzene rings is 1. The highest BCUT2D eigenvalue weighted by Crippen LogP contribution is 2.30. The molecule has 194 valence electrons. The van der Waals surface area contributed by atoms with Crippen LogP contribution in [-0.2, 0) is 4.74 Å². The number of rotatable bonds is 9. The molecule has 11 heteroatoms. The minimum Gasteiger partial charge on any atom is -0.378 e. The molecule has 2 aliphatic rings. The summed E-state index contributed by atoms with van der Waals surface area (Å²) in [6.45, 7) is 3.24. The highest BCUT2D eigenvalue weighted by atomic mass is 19.3. The maximum Gasteiger partial charge on any atom is 0.296 e. The third-order valence-corrected chi connectivity index (χ3v) is 6.97. The number of hydrogen-bond donors (Lipinski definition) is 2. The molecule has 36 heavy (non-hydrogen) atoms. The molecular weight excluding hydrogens is 471 g/mol. The third kappa shape index (κ3) is 5.57. The van der Waals surface area contributed by atoms with Crippen LogP contribution in [0.1, 0.15) is 37.9 Å². The molecule has 5 rings (SSSR count). The zero-order valence-electron chi connectivity index (χ0n) is 20.2. The molecule has 2 aromatic heterocycles. The van der Waals surface area contributed by atoms with E-state index in [0.717, 1.165) is 25.7 Å². The molecule has 1 saturated heterocycles. The molecule has 0 amide bonds. The second-order valence-corrected chi connectivity index (χ2v) is 9.34. The molecule has 2 fully saturated rings. The largest absolute Gasteiger partial charge is 0.378 e. The molecule has 0 bridgehead atoms. The standard InChI is InChI=1S/C25H32F3N7O/c26-9-10-29-18-7-5-17(6-8-18)16-30-25-32-21(34-11-13-36-14-12-34)15-22(33-25)35-20-4-2-1-3-19(20)31-24(35)23(27)28/h1-4,15,17-18,23,29H,5-14,16H2,(H,30,32,33)/t17-,18-. The van der Waals surface area contributed by atoms with Gasteiger partial charge in [-0.2, -0.15) is 9.97 Å². The highest BCUT2D eigenvalue weighted by molar-refractivity contribution is 5.78. The lowest BCUT2D eigenvalue weighted by Crippen LogP contribution is -2.37. The number of nitrogens with zero attached hydrogens (tertiary/aromatic N) is 5. The number of hydrogen-bond acceptors (Lipinski definition) is 7. The van der Waals surface area contributed by atoms with E-state index in [2.05, 4.69) is 25.5 Å². The van der Waals surface area contributed by atoms with Gasteiger partial charge in [0.05, 0.1) is 24.2 Å². The topological polar surface area (TPSA) is 80.1 Å². The van der Waals surface area contributed by atoms with Gasteiger partial charge in [-0.05, 0) is 43.7 Å². The summed E-state index contributed by atoms with van der Waals surface area (Å²) < 4.78 is 47.4. The molecule has 3 heterocycles. The molecular formula is C25H32F3N7O. The number of aromatic nitrogens is 4. The second kappa shape index (κ2) is 11.4. The summed E-state index contributed by atoms with van der Waals surface area (Å²) in [6, 6.07) is 9.19. The van der Waals surface area contributed by atoms with E-state index in [1.165, 1.54) is 4.57 Å². The van der Waals surface area contributed by atoms with Crippen molar-refractivity contribution in [1.82, 2.24) is 24.8 Å². The number of para-hydroxylation sites is 2. The Morgan fingerprint density at radius 2 is 1.75 bits per heavy atom. The smallest absolute Gasteiger partial charge is 0.296 e. The third-order valence-electron chi connectivity index (χ3n) is 6.97. The Kier molecular flexibility index (Phi) is 7.86. The molecule has 8 nitrogen and oxygen atoms in total. The number of anilines is 2. The molecule has 3 aromatic rings. The predicted octanol–water partition coefficient (Wildman–Crippen LogP) is 4.12. The summed E-state index contributed by atoms with van der Waals surface area (Å²) in [6.07, 6.45) is 1.30. The first-order valence-electron chi connectivity index (χ1n) is 12.6. The van der Waals surface area contributed by atoms with Crippen LogP contribution in [0.15, 0.2) is 30.3 Å². The van der Waals surface area contributed by atoms with Gasteiger partial charge in [0.2, 0.25) is 5.95 Å². The lowest BCUT2D eigenvalue weighted by Gasteiger charge is -2.30. The van der Waals surface area contributed by atoms with E-state index >= 15 is 0 Å². The fourth-order valence-corrected chi connectivity index (χ4v) is 5.07. The van der Waals surface area contributed by atoms with Gasteiger partial charge in [-0.3, -0.25) is 4.57 Å². The summed E-state index contributed by atoms with van der Waals surface area (Å²) in [5, 5.41) is 6.62. The number of halogens is 3. The van der Waals surface area contributed by atoms with E-state index in [4.69, 9.17) is 9.72 Å². The Balaban J connectivity index is 1.41. The van der Waals surface area contributed by atoms with E-state index in [1.54, 1.807) is 30.3 Å². The van der Waals surface area contributed by atoms with Crippen molar-refractivity contribution in [2.45, 2.75) is 38.2 Å². The van der Waals surface area contributed by atoms with Crippen LogP contribution >= 0.6 is 0 Å². The van der Waals surface area contributed by atoms with Crippen molar-refractivity contribution >= 4 is 22.8 Å². The van der Waals surface area contributed by atoms with Crippen LogP contribution in [0.2, 0.25) is 0 Å². The molecule has 0 atom stereocenters. The summed E-state index contributed by atoms with van der Waals surface area (Å²) in [5.74, 6) is 1.54. The molecule has 0 unspecified atom stereocenters. The van der Waals surface area contributed by atoms with Crippen molar-refractivity contribution in [2.24, 2.45) is 5.92 Å². The lowest BCUT2D eigenvalue weighted by molar-refractivity contribution is 0.122. The van der Waals surface area contributed by atoms with Crippen molar-refractivity contribution in [3.8, 4) is 5.82 Å². The van der Waals surface area contributed by atoms with Gasteiger partial charge in [-0.25, -0.2) is 18.2 Å². The molecule has 1 aromatic carbocycles. The molecule has 0 spiro atoms. The van der Waals surface area contributed by atoms with Crippen LogP contribution < -0.4 is 15.5 Å². The molecule has 0 radical (unpaired) electrons. The Morgan fingerprint density at radius 1 is 1.00 bits per heavy atom. The Hall–Kier alpha value is -2.92. The second-order valence-electron chi connectivity index (χ2n) is 9.34. The number of fused-ring (bicyclic) bond motifs is 1. The predicted molar refractivity (Wildman–Crippen MR) is 133 cm³/mol. The van der Waals surface area contributed by atoms with E-state index in [-0.39, 0.29) is 12.5 Å². The van der Waals surface area contributed by atoms with Crippen LogP contribution in [0, 0.1) is 5.92 Å².